The van der Waals surface area contributed by atoms with Crippen molar-refractivity contribution < 1.29 is 14.6 Å². The van der Waals surface area contributed by atoms with Gasteiger partial charge in [-0.25, -0.2) is 4.79 Å². The average Bonchev–Trinajstić information content (AvgIpc) is 2.64. The van der Waals surface area contributed by atoms with E-state index in [1.54, 1.807) is 18.9 Å². The number of para-hydroxylation sites is 1. The van der Waals surface area contributed by atoms with Gasteiger partial charge in [0, 0.05) is 35.0 Å². The van der Waals surface area contributed by atoms with Gasteiger partial charge in [0.25, 0.3) is 0 Å². The van der Waals surface area contributed by atoms with Crippen LogP contribution in [0, 0.1) is 0 Å². The van der Waals surface area contributed by atoms with Gasteiger partial charge in [-0.15, -0.1) is 0 Å². The summed E-state index contributed by atoms with van der Waals surface area (Å²) in [7, 11) is 1.66. The fourth-order valence-electron chi connectivity index (χ4n) is 3.28. The second kappa shape index (κ2) is 7.91. The summed E-state index contributed by atoms with van der Waals surface area (Å²) in [6, 6.07) is 16.4. The van der Waals surface area contributed by atoms with Crippen molar-refractivity contribution in [2.24, 2.45) is 0 Å². The molecule has 2 aromatic rings. The van der Waals surface area contributed by atoms with Crippen molar-refractivity contribution in [1.82, 2.24) is 4.90 Å². The number of anilines is 1. The number of hydrogen-bond acceptors (Lipinski definition) is 4. The largest absolute Gasteiger partial charge is 0.497 e. The van der Waals surface area contributed by atoms with E-state index in [0.29, 0.717) is 13.1 Å². The van der Waals surface area contributed by atoms with Gasteiger partial charge in [-0.1, -0.05) is 23.9 Å². The first kappa shape index (κ1) is 18.5. The lowest BCUT2D eigenvalue weighted by Gasteiger charge is -2.44. The molecule has 2 atom stereocenters. The Labute approximate surface area is 158 Å². The van der Waals surface area contributed by atoms with Crippen molar-refractivity contribution in [3.05, 3.63) is 48.5 Å². The van der Waals surface area contributed by atoms with Gasteiger partial charge in [-0.05, 0) is 50.2 Å². The van der Waals surface area contributed by atoms with Crippen LogP contribution in [0.3, 0.4) is 0 Å². The van der Waals surface area contributed by atoms with Gasteiger partial charge in [0.2, 0.25) is 0 Å². The number of methoxy groups -OCH3 is 1. The molecule has 0 aromatic heterocycles. The summed E-state index contributed by atoms with van der Waals surface area (Å²) in [6.45, 7) is 5.24. The Balaban J connectivity index is 1.83. The molecular formula is C20H24N2O3S. The number of piperazine rings is 1. The first-order valence-corrected chi connectivity index (χ1v) is 9.48. The number of nitrogens with zero attached hydrogens (tertiary/aromatic N) is 2. The summed E-state index contributed by atoms with van der Waals surface area (Å²) in [5.41, 5.74) is 1.15. The molecule has 1 fully saturated rings. The second-order valence-corrected chi connectivity index (χ2v) is 7.65. The van der Waals surface area contributed by atoms with Crippen LogP contribution in [0.1, 0.15) is 13.8 Å². The maximum absolute atomic E-state index is 11.4. The van der Waals surface area contributed by atoms with Gasteiger partial charge >= 0.3 is 6.09 Å². The van der Waals surface area contributed by atoms with E-state index in [1.807, 2.05) is 31.2 Å². The Morgan fingerprint density at radius 3 is 2.42 bits per heavy atom. The predicted octanol–water partition coefficient (Wildman–Crippen LogP) is 4.42. The van der Waals surface area contributed by atoms with E-state index in [-0.39, 0.29) is 12.1 Å². The molecule has 0 aliphatic carbocycles. The minimum absolute atomic E-state index is 0.0391. The molecule has 5 nitrogen and oxygen atoms in total. The molecule has 0 radical (unpaired) electrons. The molecular weight excluding hydrogens is 348 g/mol. The highest BCUT2D eigenvalue weighted by molar-refractivity contribution is 7.99. The highest BCUT2D eigenvalue weighted by Crippen LogP contribution is 2.37. The normalized spacial score (nSPS) is 20.1. The molecule has 2 unspecified atom stereocenters. The average molecular weight is 372 g/mol. The second-order valence-electron chi connectivity index (χ2n) is 6.53. The number of benzene rings is 2. The third-order valence-electron chi connectivity index (χ3n) is 4.69. The lowest BCUT2D eigenvalue weighted by Crippen LogP contribution is -2.58. The van der Waals surface area contributed by atoms with Crippen LogP contribution < -0.4 is 9.64 Å². The third kappa shape index (κ3) is 3.90. The molecule has 138 valence electrons. The van der Waals surface area contributed by atoms with Crippen LogP contribution in [-0.2, 0) is 0 Å². The van der Waals surface area contributed by atoms with Crippen molar-refractivity contribution in [3.8, 4) is 5.75 Å². The SMILES string of the molecule is COc1ccc(Sc2ccccc2N2CC(C)N(C(=O)O)CC2C)cc1. The molecule has 1 N–H and O–H groups in total. The van der Waals surface area contributed by atoms with E-state index < -0.39 is 6.09 Å². The van der Waals surface area contributed by atoms with Crippen molar-refractivity contribution in [3.63, 3.8) is 0 Å². The Hall–Kier alpha value is -2.34. The van der Waals surface area contributed by atoms with Gasteiger partial charge in [-0.3, -0.25) is 0 Å². The van der Waals surface area contributed by atoms with Crippen LogP contribution in [0.2, 0.25) is 0 Å². The van der Waals surface area contributed by atoms with Crippen molar-refractivity contribution in [2.45, 2.75) is 35.7 Å². The lowest BCUT2D eigenvalue weighted by atomic mass is 10.1. The summed E-state index contributed by atoms with van der Waals surface area (Å²) in [5, 5.41) is 9.37. The van der Waals surface area contributed by atoms with Gasteiger partial charge in [0.15, 0.2) is 0 Å². The highest BCUT2D eigenvalue weighted by atomic mass is 32.2. The summed E-state index contributed by atoms with van der Waals surface area (Å²) in [6.07, 6.45) is -0.843. The van der Waals surface area contributed by atoms with Crippen molar-refractivity contribution >= 4 is 23.5 Å². The number of ether oxygens (including phenoxy) is 1. The molecule has 1 saturated heterocycles. The number of carboxylic acid groups (broad SMARTS) is 1. The zero-order valence-electron chi connectivity index (χ0n) is 15.3. The molecule has 26 heavy (non-hydrogen) atoms. The molecule has 2 aromatic carbocycles. The minimum atomic E-state index is -0.843. The maximum Gasteiger partial charge on any atom is 0.407 e. The maximum atomic E-state index is 11.4. The highest BCUT2D eigenvalue weighted by Gasteiger charge is 2.32. The van der Waals surface area contributed by atoms with E-state index in [2.05, 4.69) is 36.1 Å². The number of rotatable bonds is 4. The van der Waals surface area contributed by atoms with Crippen LogP contribution in [0.25, 0.3) is 0 Å². The van der Waals surface area contributed by atoms with Crippen LogP contribution in [0.5, 0.6) is 5.75 Å². The lowest BCUT2D eigenvalue weighted by molar-refractivity contribution is 0.114. The minimum Gasteiger partial charge on any atom is -0.497 e. The number of hydrogen-bond donors (Lipinski definition) is 1. The molecule has 1 aliphatic heterocycles. The molecule has 1 heterocycles. The smallest absolute Gasteiger partial charge is 0.407 e. The van der Waals surface area contributed by atoms with Crippen molar-refractivity contribution in [1.29, 1.82) is 0 Å². The van der Waals surface area contributed by atoms with Gasteiger partial charge in [-0.2, -0.15) is 0 Å². The zero-order valence-corrected chi connectivity index (χ0v) is 16.1. The first-order chi connectivity index (χ1) is 12.5. The molecule has 0 spiro atoms. The fourth-order valence-corrected chi connectivity index (χ4v) is 4.24. The predicted molar refractivity (Wildman–Crippen MR) is 105 cm³/mol. The van der Waals surface area contributed by atoms with E-state index in [0.717, 1.165) is 16.3 Å². The third-order valence-corrected chi connectivity index (χ3v) is 5.77. The fraction of sp³-hybridized carbons (Fsp3) is 0.350. The zero-order chi connectivity index (χ0) is 18.7. The van der Waals surface area contributed by atoms with Gasteiger partial charge < -0.3 is 19.6 Å². The van der Waals surface area contributed by atoms with Gasteiger partial charge in [0.1, 0.15) is 5.75 Å². The van der Waals surface area contributed by atoms with Crippen LogP contribution >= 0.6 is 11.8 Å². The molecule has 1 aliphatic rings. The van der Waals surface area contributed by atoms with E-state index in [9.17, 15) is 9.90 Å². The van der Waals surface area contributed by atoms with Crippen LogP contribution in [0.15, 0.2) is 58.3 Å². The standard InChI is InChI=1S/C20H24N2O3S/c1-14-13-22(20(23)24)15(2)12-21(14)18-6-4-5-7-19(18)26-17-10-8-16(25-3)9-11-17/h4-11,14-15H,12-13H2,1-3H3,(H,23,24). The number of carbonyl (C=O) groups is 1. The van der Waals surface area contributed by atoms with E-state index >= 15 is 0 Å². The molecule has 0 saturated carbocycles. The van der Waals surface area contributed by atoms with E-state index in [1.165, 1.54) is 9.80 Å². The molecule has 0 bridgehead atoms. The monoisotopic (exact) mass is 372 g/mol. The topological polar surface area (TPSA) is 53.0 Å². The summed E-state index contributed by atoms with van der Waals surface area (Å²) in [4.78, 5) is 17.6. The summed E-state index contributed by atoms with van der Waals surface area (Å²) < 4.78 is 5.22. The Kier molecular flexibility index (Phi) is 5.61. The van der Waals surface area contributed by atoms with Crippen molar-refractivity contribution in [2.75, 3.05) is 25.1 Å². The van der Waals surface area contributed by atoms with E-state index in [4.69, 9.17) is 4.74 Å². The quantitative estimate of drug-likeness (QED) is 0.861. The van der Waals surface area contributed by atoms with Crippen LogP contribution in [0.4, 0.5) is 10.5 Å². The summed E-state index contributed by atoms with van der Waals surface area (Å²) >= 11 is 1.71. The van der Waals surface area contributed by atoms with Gasteiger partial charge in [0.05, 0.1) is 12.8 Å². The Morgan fingerprint density at radius 2 is 1.77 bits per heavy atom. The first-order valence-electron chi connectivity index (χ1n) is 8.66. The Morgan fingerprint density at radius 1 is 1.08 bits per heavy atom. The summed E-state index contributed by atoms with van der Waals surface area (Å²) in [5.74, 6) is 0.842. The Bertz CT molecular complexity index is 766. The molecule has 1 amide bonds. The molecule has 6 heteroatoms. The number of amides is 1. The van der Waals surface area contributed by atoms with Crippen LogP contribution in [-0.4, -0.2) is 48.4 Å². The molecule has 3 rings (SSSR count).